The fourth-order valence-corrected chi connectivity index (χ4v) is 1.85. The molecule has 1 N–H and O–H groups in total. The number of benzene rings is 1. The molecule has 0 aliphatic carbocycles. The summed E-state index contributed by atoms with van der Waals surface area (Å²) < 4.78 is 6.24. The quantitative estimate of drug-likeness (QED) is 0.865. The topological polar surface area (TPSA) is 33.4 Å². The molecule has 72 valence electrons. The minimum atomic E-state index is -0.667. The van der Waals surface area contributed by atoms with Crippen LogP contribution >= 0.6 is 22.6 Å². The van der Waals surface area contributed by atoms with E-state index in [1.165, 1.54) is 0 Å². The van der Waals surface area contributed by atoms with Crippen LogP contribution in [0, 0.1) is 3.57 Å². The van der Waals surface area contributed by atoms with Gasteiger partial charge in [0, 0.05) is 3.57 Å². The number of hydrogen-bond donors (Lipinski definition) is 1. The molecule has 1 unspecified atom stereocenters. The van der Waals surface area contributed by atoms with Crippen LogP contribution in [0.4, 0.5) is 0 Å². The molecular weight excluding hydrogens is 291 g/mol. The van der Waals surface area contributed by atoms with Gasteiger partial charge in [-0.25, -0.2) is 0 Å². The van der Waals surface area contributed by atoms with Crippen molar-refractivity contribution in [1.29, 1.82) is 0 Å². The highest BCUT2D eigenvalue weighted by Gasteiger charge is 2.12. The van der Waals surface area contributed by atoms with Crippen molar-refractivity contribution in [2.45, 2.75) is 6.10 Å². The second kappa shape index (κ2) is 4.14. The molecule has 1 atom stereocenters. The zero-order valence-electron chi connectivity index (χ0n) is 7.35. The Balaban J connectivity index is 2.32. The maximum absolute atomic E-state index is 9.91. The van der Waals surface area contributed by atoms with Gasteiger partial charge in [0.15, 0.2) is 0 Å². The molecule has 0 aliphatic heterocycles. The molecule has 0 amide bonds. The molecule has 1 heterocycles. The van der Waals surface area contributed by atoms with Gasteiger partial charge >= 0.3 is 0 Å². The molecule has 0 spiro atoms. The van der Waals surface area contributed by atoms with Crippen LogP contribution in [0.2, 0.25) is 0 Å². The van der Waals surface area contributed by atoms with Gasteiger partial charge in [0.05, 0.1) is 6.26 Å². The molecule has 2 nitrogen and oxygen atoms in total. The molecule has 0 saturated carbocycles. The minimum Gasteiger partial charge on any atom is -0.466 e. The number of aliphatic hydroxyl groups excluding tert-OH is 1. The lowest BCUT2D eigenvalue weighted by Gasteiger charge is -2.07. The van der Waals surface area contributed by atoms with E-state index in [0.29, 0.717) is 5.76 Å². The van der Waals surface area contributed by atoms with E-state index in [4.69, 9.17) is 4.42 Å². The molecule has 2 aromatic rings. The first-order valence-corrected chi connectivity index (χ1v) is 5.32. The van der Waals surface area contributed by atoms with Gasteiger partial charge in [0.2, 0.25) is 0 Å². The predicted molar refractivity (Wildman–Crippen MR) is 61.9 cm³/mol. The summed E-state index contributed by atoms with van der Waals surface area (Å²) in [5, 5.41) is 9.91. The number of hydrogen-bond acceptors (Lipinski definition) is 2. The Kier molecular flexibility index (Phi) is 2.88. The lowest BCUT2D eigenvalue weighted by Crippen LogP contribution is -1.97. The van der Waals surface area contributed by atoms with Gasteiger partial charge in [-0.2, -0.15) is 0 Å². The molecule has 0 radical (unpaired) electrons. The van der Waals surface area contributed by atoms with Crippen LogP contribution in [0.3, 0.4) is 0 Å². The van der Waals surface area contributed by atoms with Gasteiger partial charge < -0.3 is 9.52 Å². The first-order valence-electron chi connectivity index (χ1n) is 4.24. The van der Waals surface area contributed by atoms with Crippen LogP contribution in [-0.2, 0) is 0 Å². The van der Waals surface area contributed by atoms with Crippen LogP contribution < -0.4 is 0 Å². The average Bonchev–Trinajstić information content (AvgIpc) is 2.69. The third kappa shape index (κ3) is 1.99. The van der Waals surface area contributed by atoms with Gasteiger partial charge in [-0.3, -0.25) is 0 Å². The average molecular weight is 300 g/mol. The highest BCUT2D eigenvalue weighted by atomic mass is 127. The summed E-state index contributed by atoms with van der Waals surface area (Å²) in [5.74, 6) is 0.576. The lowest BCUT2D eigenvalue weighted by atomic mass is 10.1. The molecule has 0 aliphatic rings. The van der Waals surface area contributed by atoms with E-state index in [1.807, 2.05) is 24.3 Å². The molecule has 0 fully saturated rings. The van der Waals surface area contributed by atoms with Crippen LogP contribution in [-0.4, -0.2) is 5.11 Å². The van der Waals surface area contributed by atoms with Gasteiger partial charge in [-0.15, -0.1) is 0 Å². The lowest BCUT2D eigenvalue weighted by molar-refractivity contribution is 0.189. The van der Waals surface area contributed by atoms with Gasteiger partial charge in [0.1, 0.15) is 11.9 Å². The van der Waals surface area contributed by atoms with Crippen molar-refractivity contribution in [3.05, 3.63) is 57.6 Å². The number of halogens is 1. The first-order chi connectivity index (χ1) is 6.77. The Hall–Kier alpha value is -0.810. The summed E-state index contributed by atoms with van der Waals surface area (Å²) >= 11 is 2.21. The Bertz CT molecular complexity index is 409. The second-order valence-electron chi connectivity index (χ2n) is 2.97. The van der Waals surface area contributed by atoms with Crippen molar-refractivity contribution in [2.24, 2.45) is 0 Å². The molecule has 1 aromatic carbocycles. The van der Waals surface area contributed by atoms with E-state index >= 15 is 0 Å². The van der Waals surface area contributed by atoms with E-state index in [2.05, 4.69) is 22.6 Å². The van der Waals surface area contributed by atoms with Gasteiger partial charge in [-0.05, 0) is 52.4 Å². The number of furan rings is 1. The summed E-state index contributed by atoms with van der Waals surface area (Å²) in [4.78, 5) is 0. The molecule has 0 bridgehead atoms. The second-order valence-corrected chi connectivity index (χ2v) is 4.22. The van der Waals surface area contributed by atoms with Crippen molar-refractivity contribution in [2.75, 3.05) is 0 Å². The van der Waals surface area contributed by atoms with E-state index in [9.17, 15) is 5.11 Å². The Labute approximate surface area is 95.7 Å². The molecule has 1 aromatic heterocycles. The van der Waals surface area contributed by atoms with E-state index in [0.717, 1.165) is 9.13 Å². The van der Waals surface area contributed by atoms with E-state index < -0.39 is 6.10 Å². The monoisotopic (exact) mass is 300 g/mol. The van der Waals surface area contributed by atoms with Gasteiger partial charge in [-0.1, -0.05) is 12.1 Å². The highest BCUT2D eigenvalue weighted by Crippen LogP contribution is 2.23. The summed E-state index contributed by atoms with van der Waals surface area (Å²) in [5.41, 5.74) is 0.854. The smallest absolute Gasteiger partial charge is 0.137 e. The fourth-order valence-electron chi connectivity index (χ4n) is 1.29. The van der Waals surface area contributed by atoms with Crippen LogP contribution in [0.15, 0.2) is 47.1 Å². The zero-order valence-corrected chi connectivity index (χ0v) is 9.51. The predicted octanol–water partition coefficient (Wildman–Crippen LogP) is 2.97. The molecule has 14 heavy (non-hydrogen) atoms. The third-order valence-corrected chi connectivity index (χ3v) is 2.65. The maximum Gasteiger partial charge on any atom is 0.137 e. The molecule has 3 heteroatoms. The van der Waals surface area contributed by atoms with Crippen molar-refractivity contribution >= 4 is 22.6 Å². The largest absolute Gasteiger partial charge is 0.466 e. The Morgan fingerprint density at radius 1 is 1.21 bits per heavy atom. The summed E-state index contributed by atoms with van der Waals surface area (Å²) in [6.07, 6.45) is 0.895. The number of aliphatic hydroxyl groups is 1. The van der Waals surface area contributed by atoms with E-state index in [-0.39, 0.29) is 0 Å². The van der Waals surface area contributed by atoms with Crippen molar-refractivity contribution < 1.29 is 9.52 Å². The highest BCUT2D eigenvalue weighted by molar-refractivity contribution is 14.1. The Morgan fingerprint density at radius 3 is 2.71 bits per heavy atom. The van der Waals surface area contributed by atoms with E-state index in [1.54, 1.807) is 18.4 Å². The molecule has 0 saturated heterocycles. The fraction of sp³-hybridized carbons (Fsp3) is 0.0909. The Morgan fingerprint density at radius 2 is 2.07 bits per heavy atom. The SMILES string of the molecule is OC(c1cccc(I)c1)c1ccco1. The van der Waals surface area contributed by atoms with Crippen LogP contribution in [0.25, 0.3) is 0 Å². The zero-order chi connectivity index (χ0) is 9.97. The number of rotatable bonds is 2. The van der Waals surface area contributed by atoms with Gasteiger partial charge in [0.25, 0.3) is 0 Å². The molecule has 2 rings (SSSR count). The van der Waals surface area contributed by atoms with Crippen molar-refractivity contribution in [3.63, 3.8) is 0 Å². The third-order valence-electron chi connectivity index (χ3n) is 1.98. The standard InChI is InChI=1S/C11H9IO2/c12-9-4-1-3-8(7-9)11(13)10-5-2-6-14-10/h1-7,11,13H. The summed E-state index contributed by atoms with van der Waals surface area (Å²) in [6, 6.07) is 11.3. The van der Waals surface area contributed by atoms with Crippen LogP contribution in [0.5, 0.6) is 0 Å². The van der Waals surface area contributed by atoms with Crippen molar-refractivity contribution in [3.8, 4) is 0 Å². The molecular formula is C11H9IO2. The van der Waals surface area contributed by atoms with Crippen molar-refractivity contribution in [1.82, 2.24) is 0 Å². The summed E-state index contributed by atoms with van der Waals surface area (Å²) in [6.45, 7) is 0. The maximum atomic E-state index is 9.91. The first kappa shape index (κ1) is 9.73. The van der Waals surface area contributed by atoms with Crippen LogP contribution in [0.1, 0.15) is 17.4 Å². The summed E-state index contributed by atoms with van der Waals surface area (Å²) in [7, 11) is 0. The minimum absolute atomic E-state index is 0.576. The normalized spacial score (nSPS) is 12.7.